The molecule has 0 saturated heterocycles. The van der Waals surface area contributed by atoms with Crippen LogP contribution in [0.15, 0.2) is 18.2 Å². The SMILES string of the molecule is COc1cccc(NC2CC3CCC2C3)c1N. The van der Waals surface area contributed by atoms with E-state index < -0.39 is 0 Å². The summed E-state index contributed by atoms with van der Waals surface area (Å²) in [6, 6.07) is 6.55. The molecule has 2 saturated carbocycles. The molecule has 2 aliphatic rings. The highest BCUT2D eigenvalue weighted by Crippen LogP contribution is 2.46. The first-order valence-electron chi connectivity index (χ1n) is 6.47. The molecule has 0 aliphatic heterocycles. The number of rotatable bonds is 3. The van der Waals surface area contributed by atoms with Gasteiger partial charge < -0.3 is 15.8 Å². The summed E-state index contributed by atoms with van der Waals surface area (Å²) < 4.78 is 5.25. The van der Waals surface area contributed by atoms with Gasteiger partial charge in [-0.15, -0.1) is 0 Å². The van der Waals surface area contributed by atoms with Gasteiger partial charge in [0.2, 0.25) is 0 Å². The number of hydrogen-bond acceptors (Lipinski definition) is 3. The minimum Gasteiger partial charge on any atom is -0.495 e. The van der Waals surface area contributed by atoms with Gasteiger partial charge in [0, 0.05) is 6.04 Å². The van der Waals surface area contributed by atoms with Crippen LogP contribution in [0.5, 0.6) is 5.75 Å². The van der Waals surface area contributed by atoms with Crippen LogP contribution in [0.2, 0.25) is 0 Å². The molecule has 0 amide bonds. The first-order valence-corrected chi connectivity index (χ1v) is 6.47. The number of benzene rings is 1. The van der Waals surface area contributed by atoms with E-state index in [0.717, 1.165) is 29.0 Å². The van der Waals surface area contributed by atoms with Gasteiger partial charge in [0.15, 0.2) is 0 Å². The van der Waals surface area contributed by atoms with Crippen LogP contribution in [-0.2, 0) is 0 Å². The van der Waals surface area contributed by atoms with Crippen molar-refractivity contribution < 1.29 is 4.74 Å². The van der Waals surface area contributed by atoms with E-state index >= 15 is 0 Å². The van der Waals surface area contributed by atoms with Crippen molar-refractivity contribution in [2.45, 2.75) is 31.7 Å². The van der Waals surface area contributed by atoms with Gasteiger partial charge in [0.25, 0.3) is 0 Å². The molecule has 3 atom stereocenters. The molecule has 3 N–H and O–H groups in total. The number of nitrogen functional groups attached to an aromatic ring is 1. The molecule has 1 aromatic carbocycles. The molecule has 3 rings (SSSR count). The lowest BCUT2D eigenvalue weighted by atomic mass is 9.95. The number of nitrogens with two attached hydrogens (primary N) is 1. The van der Waals surface area contributed by atoms with Gasteiger partial charge in [-0.2, -0.15) is 0 Å². The van der Waals surface area contributed by atoms with E-state index in [1.165, 1.54) is 25.7 Å². The van der Waals surface area contributed by atoms with Crippen molar-refractivity contribution in [2.75, 3.05) is 18.2 Å². The van der Waals surface area contributed by atoms with Crippen molar-refractivity contribution in [2.24, 2.45) is 11.8 Å². The van der Waals surface area contributed by atoms with E-state index in [4.69, 9.17) is 10.5 Å². The molecule has 1 aromatic rings. The van der Waals surface area contributed by atoms with Gasteiger partial charge in [-0.3, -0.25) is 0 Å². The highest BCUT2D eigenvalue weighted by atomic mass is 16.5. The van der Waals surface area contributed by atoms with E-state index in [-0.39, 0.29) is 0 Å². The number of nitrogens with one attached hydrogen (secondary N) is 1. The molecule has 0 radical (unpaired) electrons. The lowest BCUT2D eigenvalue weighted by molar-refractivity contribution is 0.416. The fourth-order valence-corrected chi connectivity index (χ4v) is 3.47. The third-order valence-electron chi connectivity index (χ3n) is 4.37. The quantitative estimate of drug-likeness (QED) is 0.788. The van der Waals surface area contributed by atoms with Crippen molar-refractivity contribution >= 4 is 11.4 Å². The Balaban J connectivity index is 1.77. The number of methoxy groups -OCH3 is 1. The Bertz CT molecular complexity index is 419. The summed E-state index contributed by atoms with van der Waals surface area (Å²) in [5.74, 6) is 2.56. The summed E-state index contributed by atoms with van der Waals surface area (Å²) in [4.78, 5) is 0. The van der Waals surface area contributed by atoms with E-state index in [1.54, 1.807) is 7.11 Å². The zero-order valence-corrected chi connectivity index (χ0v) is 10.3. The van der Waals surface area contributed by atoms with E-state index in [0.29, 0.717) is 6.04 Å². The van der Waals surface area contributed by atoms with Crippen molar-refractivity contribution in [3.05, 3.63) is 18.2 Å². The Morgan fingerprint density at radius 2 is 2.18 bits per heavy atom. The van der Waals surface area contributed by atoms with Crippen molar-refractivity contribution in [3.8, 4) is 5.75 Å². The van der Waals surface area contributed by atoms with Gasteiger partial charge in [-0.1, -0.05) is 12.5 Å². The number of hydrogen-bond donors (Lipinski definition) is 2. The predicted molar refractivity (Wildman–Crippen MR) is 70.3 cm³/mol. The molecule has 0 spiro atoms. The van der Waals surface area contributed by atoms with Crippen LogP contribution >= 0.6 is 0 Å². The standard InChI is InChI=1S/C14H20N2O/c1-17-13-4-2-3-11(14(13)15)16-12-8-9-5-6-10(12)7-9/h2-4,9-10,12,16H,5-8,15H2,1H3. The average molecular weight is 232 g/mol. The zero-order chi connectivity index (χ0) is 11.8. The predicted octanol–water partition coefficient (Wildman–Crippen LogP) is 2.88. The molecular weight excluding hydrogens is 212 g/mol. The molecule has 17 heavy (non-hydrogen) atoms. The highest BCUT2D eigenvalue weighted by Gasteiger charge is 2.39. The topological polar surface area (TPSA) is 47.3 Å². The van der Waals surface area contributed by atoms with Crippen LogP contribution in [0.25, 0.3) is 0 Å². The molecule has 2 fully saturated rings. The molecule has 0 heterocycles. The third-order valence-corrected chi connectivity index (χ3v) is 4.37. The smallest absolute Gasteiger partial charge is 0.143 e. The van der Waals surface area contributed by atoms with Crippen molar-refractivity contribution in [1.29, 1.82) is 0 Å². The Hall–Kier alpha value is -1.38. The zero-order valence-electron chi connectivity index (χ0n) is 10.3. The summed E-state index contributed by atoms with van der Waals surface area (Å²) in [5, 5.41) is 3.61. The molecular formula is C14H20N2O. The van der Waals surface area contributed by atoms with Gasteiger partial charge in [-0.05, 0) is 43.2 Å². The lowest BCUT2D eigenvalue weighted by Crippen LogP contribution is -2.26. The fourth-order valence-electron chi connectivity index (χ4n) is 3.47. The van der Waals surface area contributed by atoms with Crippen LogP contribution in [0.1, 0.15) is 25.7 Å². The Kier molecular flexibility index (Phi) is 2.61. The lowest BCUT2D eigenvalue weighted by Gasteiger charge is -2.25. The first kappa shape index (κ1) is 10.8. The van der Waals surface area contributed by atoms with Gasteiger partial charge in [0.05, 0.1) is 18.5 Å². The summed E-state index contributed by atoms with van der Waals surface area (Å²) >= 11 is 0. The van der Waals surface area contributed by atoms with Gasteiger partial charge in [-0.25, -0.2) is 0 Å². The summed E-state index contributed by atoms with van der Waals surface area (Å²) in [5.41, 5.74) is 7.85. The van der Waals surface area contributed by atoms with Crippen LogP contribution in [0.3, 0.4) is 0 Å². The Morgan fingerprint density at radius 1 is 1.29 bits per heavy atom. The second-order valence-electron chi connectivity index (χ2n) is 5.35. The summed E-state index contributed by atoms with van der Waals surface area (Å²) in [6.45, 7) is 0. The summed E-state index contributed by atoms with van der Waals surface area (Å²) in [7, 11) is 1.66. The van der Waals surface area contributed by atoms with Crippen molar-refractivity contribution in [1.82, 2.24) is 0 Å². The maximum Gasteiger partial charge on any atom is 0.143 e. The fraction of sp³-hybridized carbons (Fsp3) is 0.571. The molecule has 92 valence electrons. The van der Waals surface area contributed by atoms with E-state index in [2.05, 4.69) is 5.32 Å². The summed E-state index contributed by atoms with van der Waals surface area (Å²) in [6.07, 6.45) is 5.52. The van der Waals surface area contributed by atoms with Crippen molar-refractivity contribution in [3.63, 3.8) is 0 Å². The number of fused-ring (bicyclic) bond motifs is 2. The number of anilines is 2. The van der Waals surface area contributed by atoms with Crippen LogP contribution in [0.4, 0.5) is 11.4 Å². The average Bonchev–Trinajstić information content (AvgIpc) is 2.94. The molecule has 2 bridgehead atoms. The Labute approximate surface area is 102 Å². The largest absolute Gasteiger partial charge is 0.495 e. The maximum absolute atomic E-state index is 6.08. The molecule has 0 aromatic heterocycles. The molecule has 3 unspecified atom stereocenters. The molecule has 3 heteroatoms. The van der Waals surface area contributed by atoms with Crippen LogP contribution in [0, 0.1) is 11.8 Å². The van der Waals surface area contributed by atoms with E-state index in [1.807, 2.05) is 18.2 Å². The Morgan fingerprint density at radius 3 is 2.82 bits per heavy atom. The van der Waals surface area contributed by atoms with Gasteiger partial charge in [0.1, 0.15) is 5.75 Å². The van der Waals surface area contributed by atoms with Crippen LogP contribution < -0.4 is 15.8 Å². The first-order chi connectivity index (χ1) is 8.28. The minimum atomic E-state index is 0.614. The molecule has 2 aliphatic carbocycles. The van der Waals surface area contributed by atoms with E-state index in [9.17, 15) is 0 Å². The van der Waals surface area contributed by atoms with Gasteiger partial charge >= 0.3 is 0 Å². The number of ether oxygens (including phenoxy) is 1. The number of para-hydroxylation sites is 1. The highest BCUT2D eigenvalue weighted by molar-refractivity contribution is 5.73. The molecule has 3 nitrogen and oxygen atoms in total. The third kappa shape index (κ3) is 1.84. The monoisotopic (exact) mass is 232 g/mol. The maximum atomic E-state index is 6.08. The second-order valence-corrected chi connectivity index (χ2v) is 5.35. The second kappa shape index (κ2) is 4.13. The minimum absolute atomic E-state index is 0.614. The van der Waals surface area contributed by atoms with Crippen LogP contribution in [-0.4, -0.2) is 13.2 Å². The normalized spacial score (nSPS) is 30.5.